The highest BCUT2D eigenvalue weighted by Gasteiger charge is 2.21. The topological polar surface area (TPSA) is 119 Å². The second-order valence-electron chi connectivity index (χ2n) is 4.54. The van der Waals surface area contributed by atoms with Crippen LogP contribution in [-0.2, 0) is 6.54 Å². The Morgan fingerprint density at radius 2 is 2.10 bits per heavy atom. The van der Waals surface area contributed by atoms with Crippen molar-refractivity contribution >= 4 is 28.8 Å². The molecule has 8 nitrogen and oxygen atoms in total. The average molecular weight is 308 g/mol. The van der Waals surface area contributed by atoms with Crippen LogP contribution in [0.1, 0.15) is 21.0 Å². The number of nitrogens with zero attached hydrogens (tertiary/aromatic N) is 3. The van der Waals surface area contributed by atoms with Gasteiger partial charge in [-0.15, -0.1) is 11.3 Å². The van der Waals surface area contributed by atoms with E-state index in [1.165, 1.54) is 10.4 Å². The van der Waals surface area contributed by atoms with Crippen molar-refractivity contribution in [3.05, 3.63) is 37.2 Å². The van der Waals surface area contributed by atoms with E-state index in [1.807, 2.05) is 13.8 Å². The normalized spacial score (nSPS) is 10.5. The molecule has 2 heterocycles. The molecule has 0 radical (unpaired) electrons. The summed E-state index contributed by atoms with van der Waals surface area (Å²) in [6, 6.07) is 2.05. The van der Waals surface area contributed by atoms with Crippen molar-refractivity contribution in [3.8, 4) is 0 Å². The minimum absolute atomic E-state index is 0.138. The van der Waals surface area contributed by atoms with E-state index in [0.29, 0.717) is 6.54 Å². The van der Waals surface area contributed by atoms with E-state index in [1.54, 1.807) is 18.3 Å². The molecule has 0 aliphatic heterocycles. The second-order valence-corrected chi connectivity index (χ2v) is 5.88. The number of hydrogen-bond acceptors (Lipinski definition) is 8. The van der Waals surface area contributed by atoms with Crippen molar-refractivity contribution in [1.82, 2.24) is 9.97 Å². The summed E-state index contributed by atoms with van der Waals surface area (Å²) in [5.74, 6) is 5.57. The first-order valence-corrected chi connectivity index (χ1v) is 7.03. The van der Waals surface area contributed by atoms with E-state index in [2.05, 4.69) is 26.8 Å². The zero-order valence-electron chi connectivity index (χ0n) is 11.9. The summed E-state index contributed by atoms with van der Waals surface area (Å²) in [4.78, 5) is 20.9. The molecular formula is C12H16N6O2S. The van der Waals surface area contributed by atoms with Crippen LogP contribution in [0.25, 0.3) is 0 Å². The van der Waals surface area contributed by atoms with Crippen molar-refractivity contribution in [1.29, 1.82) is 0 Å². The molecule has 0 aliphatic rings. The van der Waals surface area contributed by atoms with Crippen molar-refractivity contribution in [2.24, 2.45) is 5.84 Å². The Labute approximate surface area is 125 Å². The number of aryl methyl sites for hydroxylation is 3. The monoisotopic (exact) mass is 308 g/mol. The van der Waals surface area contributed by atoms with Crippen LogP contribution in [-0.4, -0.2) is 14.9 Å². The predicted octanol–water partition coefficient (Wildman–Crippen LogP) is 2.27. The van der Waals surface area contributed by atoms with Crippen LogP contribution in [0.3, 0.4) is 0 Å². The lowest BCUT2D eigenvalue weighted by atomic mass is 10.3. The van der Waals surface area contributed by atoms with Gasteiger partial charge in [0.2, 0.25) is 11.8 Å². The Hall–Kier alpha value is -2.26. The third kappa shape index (κ3) is 3.26. The molecule has 0 saturated heterocycles. The Morgan fingerprint density at radius 3 is 2.62 bits per heavy atom. The quantitative estimate of drug-likeness (QED) is 0.440. The van der Waals surface area contributed by atoms with Crippen LogP contribution in [0.5, 0.6) is 0 Å². The van der Waals surface area contributed by atoms with E-state index < -0.39 is 4.92 Å². The van der Waals surface area contributed by atoms with Crippen LogP contribution >= 0.6 is 11.3 Å². The molecular weight excluding hydrogens is 292 g/mol. The van der Waals surface area contributed by atoms with E-state index in [9.17, 15) is 10.1 Å². The molecule has 21 heavy (non-hydrogen) atoms. The summed E-state index contributed by atoms with van der Waals surface area (Å²) in [7, 11) is 0. The van der Waals surface area contributed by atoms with Gasteiger partial charge in [0.25, 0.3) is 0 Å². The highest BCUT2D eigenvalue weighted by atomic mass is 32.1. The summed E-state index contributed by atoms with van der Waals surface area (Å²) >= 11 is 1.65. The summed E-state index contributed by atoms with van der Waals surface area (Å²) in [5, 5.41) is 14.1. The summed E-state index contributed by atoms with van der Waals surface area (Å²) < 4.78 is 0. The van der Waals surface area contributed by atoms with Crippen LogP contribution in [0.15, 0.2) is 6.07 Å². The van der Waals surface area contributed by atoms with Gasteiger partial charge in [0, 0.05) is 9.75 Å². The van der Waals surface area contributed by atoms with Crippen LogP contribution in [0.2, 0.25) is 0 Å². The smallest absolute Gasteiger partial charge is 0.332 e. The number of thiophene rings is 1. The number of nitrogen functional groups attached to an aromatic ring is 1. The number of rotatable bonds is 5. The van der Waals surface area contributed by atoms with E-state index in [0.717, 1.165) is 4.88 Å². The number of nitrogens with two attached hydrogens (primary N) is 1. The maximum absolute atomic E-state index is 11.1. The molecule has 0 aliphatic carbocycles. The summed E-state index contributed by atoms with van der Waals surface area (Å²) in [6.07, 6.45) is 0. The molecule has 0 unspecified atom stereocenters. The Balaban J connectivity index is 2.29. The van der Waals surface area contributed by atoms with Crippen molar-refractivity contribution < 1.29 is 4.92 Å². The maximum Gasteiger partial charge on any atom is 0.332 e. The highest BCUT2D eigenvalue weighted by Crippen LogP contribution is 2.28. The first-order chi connectivity index (χ1) is 9.92. The van der Waals surface area contributed by atoms with Gasteiger partial charge in [-0.2, -0.15) is 4.98 Å². The third-order valence-corrected chi connectivity index (χ3v) is 4.17. The molecule has 4 N–H and O–H groups in total. The van der Waals surface area contributed by atoms with E-state index in [-0.39, 0.29) is 23.1 Å². The van der Waals surface area contributed by atoms with Crippen LogP contribution < -0.4 is 16.6 Å². The number of anilines is 2. The third-order valence-electron chi connectivity index (χ3n) is 3.02. The fourth-order valence-corrected chi connectivity index (χ4v) is 2.87. The molecule has 0 amide bonds. The van der Waals surface area contributed by atoms with Gasteiger partial charge in [0.05, 0.1) is 11.5 Å². The number of nitro groups is 1. The molecule has 0 bridgehead atoms. The first kappa shape index (κ1) is 15.1. The molecule has 9 heteroatoms. The molecule has 0 spiro atoms. The number of nitrogens with one attached hydrogen (secondary N) is 2. The zero-order chi connectivity index (χ0) is 15.6. The molecule has 0 atom stereocenters. The van der Waals surface area contributed by atoms with Gasteiger partial charge in [0.15, 0.2) is 0 Å². The van der Waals surface area contributed by atoms with E-state index >= 15 is 0 Å². The van der Waals surface area contributed by atoms with Crippen LogP contribution in [0, 0.1) is 30.9 Å². The standard InChI is InChI=1S/C12H16N6O2S/c1-6-4-9(21-8(6)3)5-14-11-10(18(19)20)7(2)15-12(16-11)17-13/h4H,5,13H2,1-3H3,(H2,14,15,16,17). The minimum Gasteiger partial charge on any atom is -0.359 e. The van der Waals surface area contributed by atoms with Gasteiger partial charge in [-0.3, -0.25) is 15.5 Å². The zero-order valence-corrected chi connectivity index (χ0v) is 12.7. The molecule has 112 valence electrons. The van der Waals surface area contributed by atoms with Crippen molar-refractivity contribution in [2.45, 2.75) is 27.3 Å². The molecule has 0 aromatic carbocycles. The first-order valence-electron chi connectivity index (χ1n) is 6.21. The SMILES string of the molecule is Cc1cc(CNc2nc(NN)nc(C)c2[N+](=O)[O-])sc1C. The molecule has 0 fully saturated rings. The van der Waals surface area contributed by atoms with Crippen molar-refractivity contribution in [2.75, 3.05) is 10.7 Å². The Morgan fingerprint density at radius 1 is 1.38 bits per heavy atom. The predicted molar refractivity (Wildman–Crippen MR) is 82.4 cm³/mol. The summed E-state index contributed by atoms with van der Waals surface area (Å²) in [5.41, 5.74) is 3.62. The number of hydrazine groups is 1. The van der Waals surface area contributed by atoms with Crippen LogP contribution in [0.4, 0.5) is 17.5 Å². The van der Waals surface area contributed by atoms with Gasteiger partial charge in [-0.1, -0.05) is 0 Å². The van der Waals surface area contributed by atoms with Crippen molar-refractivity contribution in [3.63, 3.8) is 0 Å². The second kappa shape index (κ2) is 6.02. The minimum atomic E-state index is -0.497. The molecule has 2 aromatic heterocycles. The number of aromatic nitrogens is 2. The van der Waals surface area contributed by atoms with Gasteiger partial charge in [0.1, 0.15) is 5.69 Å². The lowest BCUT2D eigenvalue weighted by Gasteiger charge is -2.08. The largest absolute Gasteiger partial charge is 0.359 e. The average Bonchev–Trinajstić information content (AvgIpc) is 2.74. The Bertz CT molecular complexity index is 665. The fraction of sp³-hybridized carbons (Fsp3) is 0.333. The van der Waals surface area contributed by atoms with Gasteiger partial charge in [-0.25, -0.2) is 10.8 Å². The lowest BCUT2D eigenvalue weighted by Crippen LogP contribution is -2.14. The van der Waals surface area contributed by atoms with Gasteiger partial charge in [-0.05, 0) is 32.4 Å². The fourth-order valence-electron chi connectivity index (χ4n) is 1.88. The van der Waals surface area contributed by atoms with Gasteiger partial charge >= 0.3 is 5.69 Å². The maximum atomic E-state index is 11.1. The molecule has 2 rings (SSSR count). The van der Waals surface area contributed by atoms with Gasteiger partial charge < -0.3 is 5.32 Å². The Kier molecular flexibility index (Phi) is 4.34. The number of hydrogen-bond donors (Lipinski definition) is 3. The van der Waals surface area contributed by atoms with E-state index in [4.69, 9.17) is 5.84 Å². The summed E-state index contributed by atoms with van der Waals surface area (Å²) in [6.45, 7) is 6.08. The molecule has 2 aromatic rings. The molecule has 0 saturated carbocycles. The highest BCUT2D eigenvalue weighted by molar-refractivity contribution is 7.12. The lowest BCUT2D eigenvalue weighted by molar-refractivity contribution is -0.385.